The summed E-state index contributed by atoms with van der Waals surface area (Å²) >= 11 is 0. The van der Waals surface area contributed by atoms with Crippen LogP contribution in [0.2, 0.25) is 0 Å². The van der Waals surface area contributed by atoms with Crippen molar-refractivity contribution in [3.63, 3.8) is 0 Å². The third-order valence-corrected chi connectivity index (χ3v) is 1.25. The maximum absolute atomic E-state index is 8.40. The third kappa shape index (κ3) is 11.8. The molecule has 6 heteroatoms. The minimum atomic E-state index is -1.43. The van der Waals surface area contributed by atoms with Crippen molar-refractivity contribution >= 4 is 0 Å². The van der Waals surface area contributed by atoms with E-state index in [-0.39, 0.29) is 13.2 Å². The summed E-state index contributed by atoms with van der Waals surface area (Å²) in [4.78, 5) is 0. The normalized spacial score (nSPS) is 11.1. The van der Waals surface area contributed by atoms with Crippen molar-refractivity contribution in [2.75, 3.05) is 46.2 Å². The fourth-order valence-corrected chi connectivity index (χ4v) is 0.693. The quantitative estimate of drug-likeness (QED) is 0.295. The third-order valence-electron chi connectivity index (χ3n) is 1.25. The van der Waals surface area contributed by atoms with Crippen LogP contribution in [0.3, 0.4) is 0 Å². The maximum Gasteiger partial charge on any atom is 0.175 e. The second-order valence-corrected chi connectivity index (χ2v) is 2.50. The molecular weight excluding hydrogens is 192 g/mol. The van der Waals surface area contributed by atoms with E-state index in [9.17, 15) is 0 Å². The van der Waals surface area contributed by atoms with Gasteiger partial charge in [0.2, 0.25) is 0 Å². The fraction of sp³-hybridized carbons (Fsp3) is 1.00. The van der Waals surface area contributed by atoms with Gasteiger partial charge in [0.1, 0.15) is 0 Å². The van der Waals surface area contributed by atoms with E-state index in [0.717, 1.165) is 0 Å². The van der Waals surface area contributed by atoms with Crippen molar-refractivity contribution in [2.45, 2.75) is 6.29 Å². The zero-order chi connectivity index (χ0) is 10.6. The zero-order valence-electron chi connectivity index (χ0n) is 8.09. The average molecular weight is 210 g/mol. The number of aliphatic hydroxyl groups is 3. The predicted octanol–water partition coefficient (Wildman–Crippen LogP) is -1.66. The monoisotopic (exact) mass is 210 g/mol. The van der Waals surface area contributed by atoms with Gasteiger partial charge in [0, 0.05) is 0 Å². The molecule has 0 aliphatic rings. The lowest BCUT2D eigenvalue weighted by Gasteiger charge is -2.06. The van der Waals surface area contributed by atoms with E-state index >= 15 is 0 Å². The molecule has 0 unspecified atom stereocenters. The van der Waals surface area contributed by atoms with Gasteiger partial charge in [-0.25, -0.2) is 0 Å². The molecule has 0 saturated heterocycles. The molecule has 0 spiro atoms. The molecule has 0 heterocycles. The van der Waals surface area contributed by atoms with Crippen molar-refractivity contribution in [3.05, 3.63) is 0 Å². The molecular formula is C8H18O6. The fourth-order valence-electron chi connectivity index (χ4n) is 0.693. The van der Waals surface area contributed by atoms with Crippen LogP contribution in [-0.2, 0) is 14.2 Å². The topological polar surface area (TPSA) is 88.4 Å². The second kappa shape index (κ2) is 10.8. The van der Waals surface area contributed by atoms with Gasteiger partial charge in [0.25, 0.3) is 0 Å². The van der Waals surface area contributed by atoms with Gasteiger partial charge in [-0.1, -0.05) is 0 Å². The van der Waals surface area contributed by atoms with Crippen molar-refractivity contribution in [1.82, 2.24) is 0 Å². The SMILES string of the molecule is OCCOCCOCCOCC(O)O. The van der Waals surface area contributed by atoms with Crippen molar-refractivity contribution in [2.24, 2.45) is 0 Å². The Labute approximate surface area is 83.0 Å². The number of hydrogen-bond donors (Lipinski definition) is 3. The molecule has 0 aliphatic heterocycles. The van der Waals surface area contributed by atoms with Gasteiger partial charge in [-0.05, 0) is 0 Å². The van der Waals surface area contributed by atoms with Crippen LogP contribution in [0.5, 0.6) is 0 Å². The molecule has 0 amide bonds. The summed E-state index contributed by atoms with van der Waals surface area (Å²) in [6.45, 7) is 1.79. The number of aliphatic hydroxyl groups excluding tert-OH is 2. The summed E-state index contributed by atoms with van der Waals surface area (Å²) in [5.41, 5.74) is 0. The average Bonchev–Trinajstić information content (AvgIpc) is 2.15. The first-order valence-electron chi connectivity index (χ1n) is 4.47. The van der Waals surface area contributed by atoms with Gasteiger partial charge in [-0.3, -0.25) is 0 Å². The van der Waals surface area contributed by atoms with Crippen LogP contribution >= 0.6 is 0 Å². The van der Waals surface area contributed by atoms with Crippen LogP contribution in [0.25, 0.3) is 0 Å². The molecule has 0 atom stereocenters. The van der Waals surface area contributed by atoms with Crippen LogP contribution in [0, 0.1) is 0 Å². The van der Waals surface area contributed by atoms with Crippen molar-refractivity contribution < 1.29 is 29.5 Å². The summed E-state index contributed by atoms with van der Waals surface area (Å²) in [5, 5.41) is 25.2. The molecule has 0 radical (unpaired) electrons. The predicted molar refractivity (Wildman–Crippen MR) is 47.8 cm³/mol. The number of ether oxygens (including phenoxy) is 3. The van der Waals surface area contributed by atoms with E-state index in [1.807, 2.05) is 0 Å². The highest BCUT2D eigenvalue weighted by Gasteiger charge is 1.96. The molecule has 86 valence electrons. The highest BCUT2D eigenvalue weighted by molar-refractivity contribution is 4.35. The Hall–Kier alpha value is -0.240. The van der Waals surface area contributed by atoms with E-state index in [0.29, 0.717) is 33.0 Å². The Morgan fingerprint density at radius 1 is 0.786 bits per heavy atom. The molecule has 6 nitrogen and oxygen atoms in total. The summed E-state index contributed by atoms with van der Waals surface area (Å²) in [7, 11) is 0. The minimum absolute atomic E-state index is 0.0114. The van der Waals surface area contributed by atoms with Crippen LogP contribution in [-0.4, -0.2) is 67.9 Å². The van der Waals surface area contributed by atoms with Gasteiger partial charge >= 0.3 is 0 Å². The number of rotatable bonds is 10. The van der Waals surface area contributed by atoms with Gasteiger partial charge < -0.3 is 29.5 Å². The molecule has 0 aliphatic carbocycles. The standard InChI is InChI=1S/C8H18O6/c9-1-2-12-3-4-13-5-6-14-7-8(10)11/h8-11H,1-7H2. The van der Waals surface area contributed by atoms with E-state index in [4.69, 9.17) is 29.5 Å². The van der Waals surface area contributed by atoms with E-state index in [1.165, 1.54) is 0 Å². The molecule has 0 aromatic rings. The molecule has 0 fully saturated rings. The first-order valence-corrected chi connectivity index (χ1v) is 4.47. The molecule has 3 N–H and O–H groups in total. The van der Waals surface area contributed by atoms with Gasteiger partial charge in [-0.2, -0.15) is 0 Å². The summed E-state index contributed by atoms with van der Waals surface area (Å²) in [5.74, 6) is 0. The zero-order valence-corrected chi connectivity index (χ0v) is 8.09. The molecule has 14 heavy (non-hydrogen) atoms. The lowest BCUT2D eigenvalue weighted by molar-refractivity contribution is -0.101. The highest BCUT2D eigenvalue weighted by Crippen LogP contribution is 1.82. The Balaban J connectivity index is 2.85. The Morgan fingerprint density at radius 2 is 1.29 bits per heavy atom. The lowest BCUT2D eigenvalue weighted by Crippen LogP contribution is -2.17. The Bertz CT molecular complexity index is 108. The second-order valence-electron chi connectivity index (χ2n) is 2.50. The molecule has 0 bridgehead atoms. The highest BCUT2D eigenvalue weighted by atomic mass is 16.6. The smallest absolute Gasteiger partial charge is 0.175 e. The van der Waals surface area contributed by atoms with Gasteiger partial charge in [0.15, 0.2) is 6.29 Å². The Morgan fingerprint density at radius 3 is 1.79 bits per heavy atom. The number of hydrogen-bond acceptors (Lipinski definition) is 6. The first-order chi connectivity index (χ1) is 6.77. The van der Waals surface area contributed by atoms with Crippen LogP contribution < -0.4 is 0 Å². The van der Waals surface area contributed by atoms with Gasteiger partial charge in [-0.15, -0.1) is 0 Å². The molecule has 0 rings (SSSR count). The maximum atomic E-state index is 8.40. The summed E-state index contributed by atoms with van der Waals surface area (Å²) in [6.07, 6.45) is -1.43. The van der Waals surface area contributed by atoms with Gasteiger partial charge in [0.05, 0.1) is 46.2 Å². The van der Waals surface area contributed by atoms with Crippen molar-refractivity contribution in [3.8, 4) is 0 Å². The minimum Gasteiger partial charge on any atom is -0.394 e. The molecule has 0 saturated carbocycles. The molecule has 0 aromatic carbocycles. The van der Waals surface area contributed by atoms with Crippen LogP contribution in [0.4, 0.5) is 0 Å². The van der Waals surface area contributed by atoms with Crippen molar-refractivity contribution in [1.29, 1.82) is 0 Å². The summed E-state index contributed by atoms with van der Waals surface area (Å²) < 4.78 is 14.8. The molecule has 0 aromatic heterocycles. The lowest BCUT2D eigenvalue weighted by atomic mass is 10.6. The summed E-state index contributed by atoms with van der Waals surface area (Å²) in [6, 6.07) is 0. The van der Waals surface area contributed by atoms with E-state index in [2.05, 4.69) is 0 Å². The van der Waals surface area contributed by atoms with Crippen LogP contribution in [0.1, 0.15) is 0 Å². The first kappa shape index (κ1) is 13.8. The van der Waals surface area contributed by atoms with Crippen LogP contribution in [0.15, 0.2) is 0 Å². The van der Waals surface area contributed by atoms with E-state index < -0.39 is 6.29 Å². The Kier molecular flexibility index (Phi) is 10.7. The van der Waals surface area contributed by atoms with E-state index in [1.54, 1.807) is 0 Å². The largest absolute Gasteiger partial charge is 0.394 e.